The maximum atomic E-state index is 14.0. The van der Waals surface area contributed by atoms with Gasteiger partial charge in [-0.2, -0.15) is 0 Å². The molecule has 2 aromatic rings. The van der Waals surface area contributed by atoms with Crippen molar-refractivity contribution in [2.45, 2.75) is 19.4 Å². The van der Waals surface area contributed by atoms with Crippen LogP contribution in [0.1, 0.15) is 30.5 Å². The number of hydrogen-bond acceptors (Lipinski definition) is 1. The molecule has 0 spiro atoms. The molecule has 1 unspecified atom stereocenters. The summed E-state index contributed by atoms with van der Waals surface area (Å²) in [6.45, 7) is 2.74. The summed E-state index contributed by atoms with van der Waals surface area (Å²) in [5.74, 6) is -1.15. The highest BCUT2D eigenvalue weighted by Crippen LogP contribution is 2.30. The van der Waals surface area contributed by atoms with Crippen LogP contribution >= 0.6 is 11.6 Å². The van der Waals surface area contributed by atoms with E-state index in [0.717, 1.165) is 18.1 Å². The van der Waals surface area contributed by atoms with Crippen LogP contribution in [0.2, 0.25) is 5.02 Å². The fraction of sp³-hybridized carbons (Fsp3) is 0.250. The average molecular weight is 296 g/mol. The van der Waals surface area contributed by atoms with E-state index < -0.39 is 11.6 Å². The monoisotopic (exact) mass is 295 g/mol. The fourth-order valence-corrected chi connectivity index (χ4v) is 2.37. The summed E-state index contributed by atoms with van der Waals surface area (Å²) in [6, 6.07) is 10.5. The molecule has 0 fully saturated rings. The van der Waals surface area contributed by atoms with E-state index in [1.807, 2.05) is 25.1 Å². The van der Waals surface area contributed by atoms with Crippen molar-refractivity contribution in [1.29, 1.82) is 0 Å². The molecule has 2 rings (SSSR count). The predicted octanol–water partition coefficient (Wildman–Crippen LogP) is 4.71. The van der Waals surface area contributed by atoms with E-state index >= 15 is 0 Å². The second kappa shape index (κ2) is 6.82. The van der Waals surface area contributed by atoms with Crippen LogP contribution in [0.15, 0.2) is 42.5 Å². The molecule has 20 heavy (non-hydrogen) atoms. The number of nitrogens with one attached hydrogen (secondary N) is 1. The number of rotatable bonds is 5. The SMILES string of the molecule is CCCNC(c1ccc(F)cc1F)c1ccccc1Cl. The summed E-state index contributed by atoms with van der Waals surface area (Å²) in [6.07, 6.45) is 0.907. The molecule has 0 aromatic heterocycles. The van der Waals surface area contributed by atoms with Crippen LogP contribution in [-0.4, -0.2) is 6.54 Å². The molecule has 4 heteroatoms. The van der Waals surface area contributed by atoms with Crippen LogP contribution in [0.25, 0.3) is 0 Å². The van der Waals surface area contributed by atoms with Crippen molar-refractivity contribution in [3.63, 3.8) is 0 Å². The van der Waals surface area contributed by atoms with E-state index in [2.05, 4.69) is 5.32 Å². The standard InChI is InChI=1S/C16H16ClF2N/c1-2-9-20-16(12-5-3-4-6-14(12)17)13-8-7-11(18)10-15(13)19/h3-8,10,16,20H,2,9H2,1H3. The quantitative estimate of drug-likeness (QED) is 0.842. The van der Waals surface area contributed by atoms with Gasteiger partial charge in [0.25, 0.3) is 0 Å². The normalized spacial score (nSPS) is 12.4. The van der Waals surface area contributed by atoms with Crippen molar-refractivity contribution in [2.75, 3.05) is 6.54 Å². The molecule has 0 saturated heterocycles. The zero-order chi connectivity index (χ0) is 14.5. The molecule has 0 aliphatic heterocycles. The van der Waals surface area contributed by atoms with Crippen molar-refractivity contribution in [3.05, 3.63) is 70.2 Å². The van der Waals surface area contributed by atoms with E-state index in [-0.39, 0.29) is 6.04 Å². The van der Waals surface area contributed by atoms with E-state index in [9.17, 15) is 8.78 Å². The summed E-state index contributed by atoms with van der Waals surface area (Å²) in [7, 11) is 0. The summed E-state index contributed by atoms with van der Waals surface area (Å²) in [5.41, 5.74) is 1.18. The van der Waals surface area contributed by atoms with Crippen LogP contribution in [0.4, 0.5) is 8.78 Å². The minimum absolute atomic E-state index is 0.385. The zero-order valence-corrected chi connectivity index (χ0v) is 11.9. The smallest absolute Gasteiger partial charge is 0.131 e. The van der Waals surface area contributed by atoms with Crippen molar-refractivity contribution < 1.29 is 8.78 Å². The van der Waals surface area contributed by atoms with Gasteiger partial charge in [-0.15, -0.1) is 0 Å². The minimum Gasteiger partial charge on any atom is -0.306 e. The van der Waals surface area contributed by atoms with Gasteiger partial charge >= 0.3 is 0 Å². The molecule has 1 nitrogen and oxygen atoms in total. The Morgan fingerprint density at radius 1 is 1.10 bits per heavy atom. The van der Waals surface area contributed by atoms with Gasteiger partial charge in [-0.3, -0.25) is 0 Å². The van der Waals surface area contributed by atoms with Gasteiger partial charge in [0.1, 0.15) is 11.6 Å². The second-order valence-electron chi connectivity index (χ2n) is 4.57. The van der Waals surface area contributed by atoms with E-state index in [1.54, 1.807) is 6.07 Å². The topological polar surface area (TPSA) is 12.0 Å². The molecule has 0 radical (unpaired) electrons. The van der Waals surface area contributed by atoms with Crippen LogP contribution < -0.4 is 5.32 Å². The largest absolute Gasteiger partial charge is 0.306 e. The maximum absolute atomic E-state index is 14.0. The van der Waals surface area contributed by atoms with Crippen molar-refractivity contribution in [3.8, 4) is 0 Å². The van der Waals surface area contributed by atoms with Crippen molar-refractivity contribution >= 4 is 11.6 Å². The molecule has 2 aromatic carbocycles. The number of hydrogen-bond donors (Lipinski definition) is 1. The third-order valence-electron chi connectivity index (χ3n) is 3.09. The Labute approximate surface area is 122 Å². The molecule has 1 N–H and O–H groups in total. The first kappa shape index (κ1) is 14.9. The van der Waals surface area contributed by atoms with Gasteiger partial charge in [-0.05, 0) is 30.7 Å². The van der Waals surface area contributed by atoms with Gasteiger partial charge < -0.3 is 5.32 Å². The lowest BCUT2D eigenvalue weighted by Gasteiger charge is -2.21. The summed E-state index contributed by atoms with van der Waals surface area (Å²) in [5, 5.41) is 3.82. The number of halogens is 3. The lowest BCUT2D eigenvalue weighted by atomic mass is 9.98. The summed E-state index contributed by atoms with van der Waals surface area (Å²) < 4.78 is 27.1. The molecular formula is C16H16ClF2N. The molecule has 1 atom stereocenters. The molecule has 0 amide bonds. The van der Waals surface area contributed by atoms with Gasteiger partial charge in [-0.1, -0.05) is 42.8 Å². The van der Waals surface area contributed by atoms with E-state index in [1.165, 1.54) is 12.1 Å². The van der Waals surface area contributed by atoms with Gasteiger partial charge in [0, 0.05) is 16.7 Å². The first-order chi connectivity index (χ1) is 9.63. The highest BCUT2D eigenvalue weighted by Gasteiger charge is 2.19. The van der Waals surface area contributed by atoms with Crippen molar-refractivity contribution in [1.82, 2.24) is 5.32 Å². The maximum Gasteiger partial charge on any atom is 0.131 e. The van der Waals surface area contributed by atoms with Crippen LogP contribution in [-0.2, 0) is 0 Å². The van der Waals surface area contributed by atoms with Gasteiger partial charge in [0.15, 0.2) is 0 Å². The Hall–Kier alpha value is -1.45. The lowest BCUT2D eigenvalue weighted by molar-refractivity contribution is 0.533. The predicted molar refractivity (Wildman–Crippen MR) is 77.9 cm³/mol. The fourth-order valence-electron chi connectivity index (χ4n) is 2.12. The average Bonchev–Trinajstić information content (AvgIpc) is 2.42. The minimum atomic E-state index is -0.584. The second-order valence-corrected chi connectivity index (χ2v) is 4.98. The van der Waals surface area contributed by atoms with E-state index in [0.29, 0.717) is 17.1 Å². The van der Waals surface area contributed by atoms with Gasteiger partial charge in [0.2, 0.25) is 0 Å². The first-order valence-electron chi connectivity index (χ1n) is 6.56. The van der Waals surface area contributed by atoms with Crippen LogP contribution in [0, 0.1) is 11.6 Å². The van der Waals surface area contributed by atoms with Gasteiger partial charge in [0.05, 0.1) is 6.04 Å². The highest BCUT2D eigenvalue weighted by molar-refractivity contribution is 6.31. The van der Waals surface area contributed by atoms with E-state index in [4.69, 9.17) is 11.6 Å². The Morgan fingerprint density at radius 3 is 2.50 bits per heavy atom. The lowest BCUT2D eigenvalue weighted by Crippen LogP contribution is -2.24. The number of benzene rings is 2. The Balaban J connectivity index is 2.44. The molecule has 0 bridgehead atoms. The van der Waals surface area contributed by atoms with Gasteiger partial charge in [-0.25, -0.2) is 8.78 Å². The summed E-state index contributed by atoms with van der Waals surface area (Å²) >= 11 is 6.19. The molecule has 0 aliphatic carbocycles. The van der Waals surface area contributed by atoms with Crippen LogP contribution in [0.5, 0.6) is 0 Å². The molecular weight excluding hydrogens is 280 g/mol. The Bertz CT molecular complexity index is 586. The van der Waals surface area contributed by atoms with Crippen molar-refractivity contribution in [2.24, 2.45) is 0 Å². The molecule has 0 heterocycles. The third-order valence-corrected chi connectivity index (χ3v) is 3.43. The highest BCUT2D eigenvalue weighted by atomic mass is 35.5. The Kier molecular flexibility index (Phi) is 5.10. The van der Waals surface area contributed by atoms with Crippen LogP contribution in [0.3, 0.4) is 0 Å². The molecule has 0 aliphatic rings. The molecule has 0 saturated carbocycles. The third kappa shape index (κ3) is 3.35. The Morgan fingerprint density at radius 2 is 1.85 bits per heavy atom. The zero-order valence-electron chi connectivity index (χ0n) is 11.2. The molecule has 106 valence electrons. The summed E-state index contributed by atoms with van der Waals surface area (Å²) in [4.78, 5) is 0. The first-order valence-corrected chi connectivity index (χ1v) is 6.94.